The number of aliphatic carboxylic acids is 2. The molecule has 4 N–H and O–H groups in total. The van der Waals surface area contributed by atoms with Gasteiger partial charge in [0.1, 0.15) is 12.1 Å². The molecule has 0 aromatic heterocycles. The number of nitrogens with one attached hydrogen (secondary N) is 2. The van der Waals surface area contributed by atoms with Gasteiger partial charge in [0.15, 0.2) is 0 Å². The predicted octanol–water partition coefficient (Wildman–Crippen LogP) is -0.678. The molecular formula is C9H18N2O4S2. The molecule has 0 aliphatic rings. The van der Waals surface area contributed by atoms with Crippen molar-refractivity contribution >= 4 is 37.2 Å². The molecule has 17 heavy (non-hydrogen) atoms. The summed E-state index contributed by atoms with van der Waals surface area (Å²) in [6.45, 7) is 0.979. The smallest absolute Gasteiger partial charge is 0.321 e. The lowest BCUT2D eigenvalue weighted by molar-refractivity contribution is -0.139. The Balaban J connectivity index is 3.64. The van der Waals surface area contributed by atoms with Crippen LogP contribution in [-0.4, -0.2) is 58.8 Å². The second-order valence-corrected chi connectivity index (χ2v) is 4.14. The lowest BCUT2D eigenvalue weighted by Gasteiger charge is -2.13. The van der Waals surface area contributed by atoms with Crippen LogP contribution in [0.3, 0.4) is 0 Å². The first-order chi connectivity index (χ1) is 8.02. The Morgan fingerprint density at radius 3 is 1.53 bits per heavy atom. The topological polar surface area (TPSA) is 98.7 Å². The highest BCUT2D eigenvalue weighted by Crippen LogP contribution is 1.90. The summed E-state index contributed by atoms with van der Waals surface area (Å²) in [6.07, 6.45) is 0.634. The number of hydrogen-bond acceptors (Lipinski definition) is 6. The average molecular weight is 282 g/mol. The van der Waals surface area contributed by atoms with Gasteiger partial charge < -0.3 is 20.8 Å². The van der Waals surface area contributed by atoms with Crippen LogP contribution in [0.15, 0.2) is 0 Å². The fourth-order valence-electron chi connectivity index (χ4n) is 1.10. The van der Waals surface area contributed by atoms with E-state index in [0.29, 0.717) is 19.5 Å². The molecule has 2 atom stereocenters. The predicted molar refractivity (Wildman–Crippen MR) is 71.2 cm³/mol. The van der Waals surface area contributed by atoms with Crippen LogP contribution in [0.2, 0.25) is 0 Å². The molecular weight excluding hydrogens is 264 g/mol. The number of thiol groups is 2. The minimum absolute atomic E-state index is 0.219. The molecule has 8 heteroatoms. The summed E-state index contributed by atoms with van der Waals surface area (Å²) < 4.78 is 0. The first-order valence-electron chi connectivity index (χ1n) is 5.17. The lowest BCUT2D eigenvalue weighted by Crippen LogP contribution is -2.42. The van der Waals surface area contributed by atoms with Crippen LogP contribution < -0.4 is 10.6 Å². The van der Waals surface area contributed by atoms with Gasteiger partial charge in [-0.2, -0.15) is 25.3 Å². The van der Waals surface area contributed by atoms with Crippen LogP contribution in [0.25, 0.3) is 0 Å². The summed E-state index contributed by atoms with van der Waals surface area (Å²) in [5.74, 6) is -1.44. The van der Waals surface area contributed by atoms with E-state index in [2.05, 4.69) is 35.9 Å². The second kappa shape index (κ2) is 9.58. The maximum atomic E-state index is 10.6. The van der Waals surface area contributed by atoms with Crippen LogP contribution in [0, 0.1) is 0 Å². The molecule has 100 valence electrons. The molecule has 0 rings (SSSR count). The van der Waals surface area contributed by atoms with Gasteiger partial charge in [0.05, 0.1) is 0 Å². The van der Waals surface area contributed by atoms with Gasteiger partial charge in [-0.25, -0.2) is 0 Å². The molecule has 0 saturated heterocycles. The van der Waals surface area contributed by atoms with E-state index >= 15 is 0 Å². The standard InChI is InChI=1S/C9H18N2O4S2/c12-8(13)6(4-16)10-2-1-3-11-7(5-17)9(14)15/h6-7,10-11,16-17H,1-5H2,(H,12,13)(H,14,15)/t6-,7-/m0/s1. The van der Waals surface area contributed by atoms with Gasteiger partial charge in [0.25, 0.3) is 0 Å². The largest absolute Gasteiger partial charge is 0.480 e. The molecule has 0 fully saturated rings. The number of rotatable bonds is 10. The van der Waals surface area contributed by atoms with Crippen LogP contribution >= 0.6 is 25.3 Å². The molecule has 0 bridgehead atoms. The maximum Gasteiger partial charge on any atom is 0.321 e. The van der Waals surface area contributed by atoms with Gasteiger partial charge in [-0.3, -0.25) is 9.59 Å². The first kappa shape index (κ1) is 16.6. The van der Waals surface area contributed by atoms with Crippen molar-refractivity contribution < 1.29 is 19.8 Å². The summed E-state index contributed by atoms with van der Waals surface area (Å²) in [5, 5.41) is 23.0. The Kier molecular flexibility index (Phi) is 9.33. The van der Waals surface area contributed by atoms with E-state index in [0.717, 1.165) is 0 Å². The molecule has 0 aromatic rings. The van der Waals surface area contributed by atoms with Crippen molar-refractivity contribution in [2.75, 3.05) is 24.6 Å². The Morgan fingerprint density at radius 1 is 0.941 bits per heavy atom. The zero-order chi connectivity index (χ0) is 13.3. The van der Waals surface area contributed by atoms with Crippen LogP contribution in [0.5, 0.6) is 0 Å². The normalized spacial score (nSPS) is 14.2. The summed E-state index contributed by atoms with van der Waals surface area (Å²) in [6, 6.07) is -1.34. The zero-order valence-corrected chi connectivity index (χ0v) is 11.1. The minimum Gasteiger partial charge on any atom is -0.480 e. The van der Waals surface area contributed by atoms with E-state index in [1.54, 1.807) is 0 Å². The van der Waals surface area contributed by atoms with E-state index in [1.165, 1.54) is 0 Å². The SMILES string of the molecule is O=C(O)[C@H](CS)NCCCN[C@@H](CS)C(=O)O. The molecule has 0 saturated carbocycles. The maximum absolute atomic E-state index is 10.6. The molecule has 0 aliphatic heterocycles. The number of carboxylic acid groups (broad SMARTS) is 2. The Morgan fingerprint density at radius 2 is 1.29 bits per heavy atom. The molecule has 0 spiro atoms. The molecule has 0 amide bonds. The van der Waals surface area contributed by atoms with Crippen molar-refractivity contribution in [3.8, 4) is 0 Å². The Labute approximate surface area is 111 Å². The van der Waals surface area contributed by atoms with Gasteiger partial charge in [-0.05, 0) is 19.5 Å². The minimum atomic E-state index is -0.938. The van der Waals surface area contributed by atoms with Crippen LogP contribution in [0.1, 0.15) is 6.42 Å². The molecule has 0 aromatic carbocycles. The zero-order valence-electron chi connectivity index (χ0n) is 9.30. The van der Waals surface area contributed by atoms with Crippen molar-refractivity contribution in [3.05, 3.63) is 0 Å². The molecule has 0 heterocycles. The number of carbonyl (C=O) groups is 2. The fraction of sp³-hybridized carbons (Fsp3) is 0.778. The lowest BCUT2D eigenvalue weighted by atomic mass is 10.3. The second-order valence-electron chi connectivity index (χ2n) is 3.41. The van der Waals surface area contributed by atoms with E-state index in [9.17, 15) is 9.59 Å². The van der Waals surface area contributed by atoms with Gasteiger partial charge in [-0.15, -0.1) is 0 Å². The Hall–Kier alpha value is -0.440. The van der Waals surface area contributed by atoms with Crippen LogP contribution in [-0.2, 0) is 9.59 Å². The average Bonchev–Trinajstić information content (AvgIpc) is 2.27. The van der Waals surface area contributed by atoms with Crippen molar-refractivity contribution in [2.45, 2.75) is 18.5 Å². The molecule has 6 nitrogen and oxygen atoms in total. The highest BCUT2D eigenvalue weighted by atomic mass is 32.1. The van der Waals surface area contributed by atoms with Crippen LogP contribution in [0.4, 0.5) is 0 Å². The van der Waals surface area contributed by atoms with E-state index in [4.69, 9.17) is 10.2 Å². The molecule has 0 aliphatic carbocycles. The summed E-state index contributed by atoms with van der Waals surface area (Å²) in [7, 11) is 0. The van der Waals surface area contributed by atoms with E-state index in [-0.39, 0.29) is 11.5 Å². The van der Waals surface area contributed by atoms with Gasteiger partial charge in [0, 0.05) is 11.5 Å². The fourth-order valence-corrected chi connectivity index (χ4v) is 1.67. The quantitative estimate of drug-likeness (QED) is 0.235. The highest BCUT2D eigenvalue weighted by molar-refractivity contribution is 7.80. The van der Waals surface area contributed by atoms with Crippen molar-refractivity contribution in [3.63, 3.8) is 0 Å². The monoisotopic (exact) mass is 282 g/mol. The van der Waals surface area contributed by atoms with Gasteiger partial charge >= 0.3 is 11.9 Å². The Bertz CT molecular complexity index is 229. The first-order valence-corrected chi connectivity index (χ1v) is 6.43. The third-order valence-electron chi connectivity index (χ3n) is 2.10. The van der Waals surface area contributed by atoms with Crippen molar-refractivity contribution in [1.82, 2.24) is 10.6 Å². The summed E-state index contributed by atoms with van der Waals surface area (Å²) in [4.78, 5) is 21.2. The third kappa shape index (κ3) is 7.48. The van der Waals surface area contributed by atoms with E-state index in [1.807, 2.05) is 0 Å². The summed E-state index contributed by atoms with van der Waals surface area (Å²) in [5.41, 5.74) is 0. The summed E-state index contributed by atoms with van der Waals surface area (Å²) >= 11 is 7.82. The molecule has 0 radical (unpaired) electrons. The van der Waals surface area contributed by atoms with Crippen molar-refractivity contribution in [1.29, 1.82) is 0 Å². The third-order valence-corrected chi connectivity index (χ3v) is 2.83. The number of hydrogen-bond donors (Lipinski definition) is 6. The van der Waals surface area contributed by atoms with Gasteiger partial charge in [-0.1, -0.05) is 0 Å². The highest BCUT2D eigenvalue weighted by Gasteiger charge is 2.15. The van der Waals surface area contributed by atoms with Gasteiger partial charge in [0.2, 0.25) is 0 Å². The number of carboxylic acids is 2. The molecule has 0 unspecified atom stereocenters. The van der Waals surface area contributed by atoms with E-state index < -0.39 is 24.0 Å². The van der Waals surface area contributed by atoms with Crippen molar-refractivity contribution in [2.24, 2.45) is 0 Å².